The van der Waals surface area contributed by atoms with E-state index in [9.17, 15) is 4.79 Å². The topological polar surface area (TPSA) is 47.4 Å². The van der Waals surface area contributed by atoms with Crippen molar-refractivity contribution in [1.82, 2.24) is 14.5 Å². The molecule has 1 fully saturated rings. The van der Waals surface area contributed by atoms with Crippen molar-refractivity contribution in [1.29, 1.82) is 0 Å². The number of aryl methyl sites for hydroxylation is 2. The van der Waals surface area contributed by atoms with Crippen molar-refractivity contribution in [2.75, 3.05) is 19.7 Å². The molecule has 1 aliphatic rings. The van der Waals surface area contributed by atoms with Crippen LogP contribution >= 0.6 is 0 Å². The average molecular weight is 349 g/mol. The van der Waals surface area contributed by atoms with E-state index in [1.165, 1.54) is 0 Å². The largest absolute Gasteiger partial charge is 0.370 e. The highest BCUT2D eigenvalue weighted by Crippen LogP contribution is 2.28. The third-order valence-electron chi connectivity index (χ3n) is 5.26. The second-order valence-electron chi connectivity index (χ2n) is 6.88. The van der Waals surface area contributed by atoms with Gasteiger partial charge in [0.15, 0.2) is 0 Å². The van der Waals surface area contributed by atoms with Crippen LogP contribution in [0.5, 0.6) is 0 Å². The van der Waals surface area contributed by atoms with Crippen LogP contribution in [-0.2, 0) is 11.8 Å². The number of fused-ring (bicyclic) bond motifs is 1. The maximum absolute atomic E-state index is 13.3. The predicted molar refractivity (Wildman–Crippen MR) is 101 cm³/mol. The molecule has 3 aromatic rings. The zero-order valence-corrected chi connectivity index (χ0v) is 15.4. The second-order valence-corrected chi connectivity index (χ2v) is 6.88. The van der Waals surface area contributed by atoms with Crippen molar-refractivity contribution >= 4 is 16.8 Å². The summed E-state index contributed by atoms with van der Waals surface area (Å²) in [5.41, 5.74) is 4.92. The van der Waals surface area contributed by atoms with Gasteiger partial charge in [0.25, 0.3) is 5.91 Å². The maximum atomic E-state index is 13.3. The van der Waals surface area contributed by atoms with E-state index in [-0.39, 0.29) is 12.0 Å². The van der Waals surface area contributed by atoms with Gasteiger partial charge in [0.2, 0.25) is 0 Å². The van der Waals surface area contributed by atoms with Gasteiger partial charge in [0.05, 0.1) is 18.7 Å². The normalized spacial score (nSPS) is 17.7. The van der Waals surface area contributed by atoms with Crippen molar-refractivity contribution in [3.05, 3.63) is 65.1 Å². The Morgan fingerprint density at radius 2 is 2.04 bits per heavy atom. The quantitative estimate of drug-likeness (QED) is 0.712. The van der Waals surface area contributed by atoms with E-state index >= 15 is 0 Å². The Morgan fingerprint density at radius 1 is 1.23 bits per heavy atom. The second kappa shape index (κ2) is 6.57. The number of morpholine rings is 1. The van der Waals surface area contributed by atoms with Crippen LogP contribution in [0.15, 0.2) is 42.6 Å². The molecule has 5 nitrogen and oxygen atoms in total. The molecule has 0 spiro atoms. The maximum Gasteiger partial charge on any atom is 0.256 e. The van der Waals surface area contributed by atoms with E-state index in [2.05, 4.69) is 15.6 Å². The first-order chi connectivity index (χ1) is 12.6. The molecular formula is C21H23N3O2. The van der Waals surface area contributed by atoms with E-state index in [0.717, 1.165) is 33.4 Å². The fraction of sp³-hybridized carbons (Fsp3) is 0.333. The highest BCUT2D eigenvalue weighted by Gasteiger charge is 2.29. The number of amides is 1. The third-order valence-corrected chi connectivity index (χ3v) is 5.26. The van der Waals surface area contributed by atoms with Crippen LogP contribution < -0.4 is 0 Å². The summed E-state index contributed by atoms with van der Waals surface area (Å²) in [6.07, 6.45) is 1.69. The van der Waals surface area contributed by atoms with Crippen LogP contribution in [0.4, 0.5) is 0 Å². The Bertz CT molecular complexity index is 977. The minimum absolute atomic E-state index is 0.0818. The van der Waals surface area contributed by atoms with E-state index in [1.54, 1.807) is 6.20 Å². The summed E-state index contributed by atoms with van der Waals surface area (Å²) in [5, 5.41) is 1.01. The number of carbonyl (C=O) groups excluding carboxylic acids is 1. The lowest BCUT2D eigenvalue weighted by atomic mass is 10.1. The molecule has 1 atom stereocenters. The van der Waals surface area contributed by atoms with Crippen LogP contribution in [0.1, 0.15) is 33.4 Å². The molecule has 4 rings (SSSR count). The molecule has 3 heterocycles. The molecule has 5 heteroatoms. The van der Waals surface area contributed by atoms with Crippen LogP contribution in [-0.4, -0.2) is 40.1 Å². The molecule has 0 N–H and O–H groups in total. The van der Waals surface area contributed by atoms with Gasteiger partial charge in [0, 0.05) is 42.1 Å². The molecule has 0 radical (unpaired) electrons. The molecule has 1 aromatic carbocycles. The first-order valence-electron chi connectivity index (χ1n) is 8.93. The van der Waals surface area contributed by atoms with Gasteiger partial charge in [-0.05, 0) is 37.6 Å². The van der Waals surface area contributed by atoms with Crippen molar-refractivity contribution < 1.29 is 9.53 Å². The van der Waals surface area contributed by atoms with Crippen LogP contribution in [0.2, 0.25) is 0 Å². The summed E-state index contributed by atoms with van der Waals surface area (Å²) >= 11 is 0. The van der Waals surface area contributed by atoms with Gasteiger partial charge in [-0.1, -0.05) is 18.2 Å². The molecule has 0 unspecified atom stereocenters. The van der Waals surface area contributed by atoms with Gasteiger partial charge in [-0.2, -0.15) is 0 Å². The number of para-hydroxylation sites is 1. The van der Waals surface area contributed by atoms with Crippen LogP contribution in [0.25, 0.3) is 10.9 Å². The Morgan fingerprint density at radius 3 is 2.85 bits per heavy atom. The number of benzene rings is 1. The zero-order chi connectivity index (χ0) is 18.3. The summed E-state index contributed by atoms with van der Waals surface area (Å²) in [4.78, 5) is 19.5. The van der Waals surface area contributed by atoms with Crippen molar-refractivity contribution in [3.8, 4) is 0 Å². The zero-order valence-electron chi connectivity index (χ0n) is 15.4. The summed E-state index contributed by atoms with van der Waals surface area (Å²) in [6, 6.07) is 12.1. The molecule has 1 amide bonds. The summed E-state index contributed by atoms with van der Waals surface area (Å²) in [6.45, 7) is 5.70. The molecule has 1 aliphatic heterocycles. The molecule has 26 heavy (non-hydrogen) atoms. The Balaban J connectivity index is 1.66. The van der Waals surface area contributed by atoms with Gasteiger partial charge >= 0.3 is 0 Å². The highest BCUT2D eigenvalue weighted by atomic mass is 16.5. The van der Waals surface area contributed by atoms with Gasteiger partial charge in [-0.3, -0.25) is 9.78 Å². The van der Waals surface area contributed by atoms with E-state index in [0.29, 0.717) is 19.7 Å². The first-order valence-corrected chi connectivity index (χ1v) is 8.93. The molecule has 0 aliphatic carbocycles. The number of pyridine rings is 1. The monoisotopic (exact) mass is 349 g/mol. The number of nitrogens with zero attached hydrogens (tertiary/aromatic N) is 3. The Hall–Kier alpha value is -2.66. The lowest BCUT2D eigenvalue weighted by molar-refractivity contribution is -0.0228. The predicted octanol–water partition coefficient (Wildman–Crippen LogP) is 3.40. The number of hydrogen-bond acceptors (Lipinski definition) is 3. The van der Waals surface area contributed by atoms with Gasteiger partial charge < -0.3 is 14.2 Å². The van der Waals surface area contributed by atoms with Gasteiger partial charge in [0.1, 0.15) is 6.10 Å². The lowest BCUT2D eigenvalue weighted by Gasteiger charge is -2.33. The molecule has 1 saturated heterocycles. The summed E-state index contributed by atoms with van der Waals surface area (Å²) in [7, 11) is 2.01. The fourth-order valence-electron chi connectivity index (χ4n) is 3.75. The Kier molecular flexibility index (Phi) is 4.24. The van der Waals surface area contributed by atoms with Crippen molar-refractivity contribution in [2.24, 2.45) is 7.05 Å². The molecule has 2 aromatic heterocycles. The number of carbonyl (C=O) groups is 1. The standard InChI is InChI=1S/C21H23N3O2/c1-14-12-16(8-9-22-14)19-13-24(10-11-26-19)21(25)20-15(2)23(3)18-7-5-4-6-17(18)20/h4-9,12,19H,10-11,13H2,1-3H3/t19-/m0/s1. The smallest absolute Gasteiger partial charge is 0.256 e. The Labute approximate surface area is 153 Å². The molecular weight excluding hydrogens is 326 g/mol. The van der Waals surface area contributed by atoms with Crippen LogP contribution in [0.3, 0.4) is 0 Å². The SMILES string of the molecule is Cc1cc([C@@H]2CN(C(=O)c3c(C)n(C)c4ccccc34)CCO2)ccn1. The van der Waals surface area contributed by atoms with Gasteiger partial charge in [-0.15, -0.1) is 0 Å². The highest BCUT2D eigenvalue weighted by molar-refractivity contribution is 6.08. The number of rotatable bonds is 2. The average Bonchev–Trinajstić information content (AvgIpc) is 2.92. The first kappa shape index (κ1) is 16.8. The van der Waals surface area contributed by atoms with Crippen molar-refractivity contribution in [2.45, 2.75) is 20.0 Å². The molecule has 0 saturated carbocycles. The number of ether oxygens (including phenoxy) is 1. The lowest BCUT2D eigenvalue weighted by Crippen LogP contribution is -2.42. The van der Waals surface area contributed by atoms with Crippen LogP contribution in [0, 0.1) is 13.8 Å². The van der Waals surface area contributed by atoms with E-state index in [4.69, 9.17) is 4.74 Å². The fourth-order valence-corrected chi connectivity index (χ4v) is 3.75. The third kappa shape index (κ3) is 2.78. The summed E-state index contributed by atoms with van der Waals surface area (Å²) in [5.74, 6) is 0.0818. The molecule has 0 bridgehead atoms. The van der Waals surface area contributed by atoms with E-state index in [1.807, 2.05) is 56.1 Å². The van der Waals surface area contributed by atoms with Gasteiger partial charge in [-0.25, -0.2) is 0 Å². The van der Waals surface area contributed by atoms with Crippen molar-refractivity contribution in [3.63, 3.8) is 0 Å². The number of aromatic nitrogens is 2. The number of hydrogen-bond donors (Lipinski definition) is 0. The minimum Gasteiger partial charge on any atom is -0.370 e. The minimum atomic E-state index is -0.107. The summed E-state index contributed by atoms with van der Waals surface area (Å²) < 4.78 is 8.02. The molecule has 134 valence electrons. The van der Waals surface area contributed by atoms with E-state index < -0.39 is 0 Å².